The zero-order valence-corrected chi connectivity index (χ0v) is 10.3. The summed E-state index contributed by atoms with van der Waals surface area (Å²) >= 11 is 0. The number of benzene rings is 1. The van der Waals surface area contributed by atoms with Crippen molar-refractivity contribution in [2.24, 2.45) is 0 Å². The Kier molecular flexibility index (Phi) is 5.44. The lowest BCUT2D eigenvalue weighted by molar-refractivity contribution is 0.396. The van der Waals surface area contributed by atoms with Crippen LogP contribution in [0, 0.1) is 17.1 Å². The SMILES string of the molecule is CN(C)CCCCNc1ccc(F)cc1C#N. The third-order valence-corrected chi connectivity index (χ3v) is 2.45. The molecule has 4 heteroatoms. The molecule has 0 unspecified atom stereocenters. The van der Waals surface area contributed by atoms with E-state index in [1.54, 1.807) is 6.07 Å². The minimum absolute atomic E-state index is 0.359. The van der Waals surface area contributed by atoms with Crippen LogP contribution in [0.25, 0.3) is 0 Å². The molecule has 1 N–H and O–H groups in total. The second kappa shape index (κ2) is 6.87. The van der Waals surface area contributed by atoms with Gasteiger partial charge in [-0.2, -0.15) is 5.26 Å². The van der Waals surface area contributed by atoms with E-state index in [4.69, 9.17) is 5.26 Å². The summed E-state index contributed by atoms with van der Waals surface area (Å²) in [5.41, 5.74) is 1.07. The first kappa shape index (κ1) is 13.5. The van der Waals surface area contributed by atoms with E-state index in [0.717, 1.165) is 25.9 Å². The Morgan fingerprint density at radius 2 is 2.12 bits per heavy atom. The Hall–Kier alpha value is -1.60. The van der Waals surface area contributed by atoms with Gasteiger partial charge in [-0.15, -0.1) is 0 Å². The molecule has 92 valence electrons. The van der Waals surface area contributed by atoms with Gasteiger partial charge in [0.1, 0.15) is 11.9 Å². The Labute approximate surface area is 102 Å². The van der Waals surface area contributed by atoms with E-state index in [-0.39, 0.29) is 5.82 Å². The van der Waals surface area contributed by atoms with Gasteiger partial charge in [0.2, 0.25) is 0 Å². The topological polar surface area (TPSA) is 39.1 Å². The first-order valence-electron chi connectivity index (χ1n) is 5.71. The van der Waals surface area contributed by atoms with Crippen LogP contribution in [-0.4, -0.2) is 32.1 Å². The molecule has 1 aromatic rings. The van der Waals surface area contributed by atoms with E-state index in [1.807, 2.05) is 20.2 Å². The average molecular weight is 235 g/mol. The van der Waals surface area contributed by atoms with Gasteiger partial charge in [-0.1, -0.05) is 0 Å². The van der Waals surface area contributed by atoms with Crippen LogP contribution in [0.4, 0.5) is 10.1 Å². The van der Waals surface area contributed by atoms with Crippen molar-refractivity contribution < 1.29 is 4.39 Å². The minimum atomic E-state index is -0.375. The van der Waals surface area contributed by atoms with Crippen molar-refractivity contribution in [3.05, 3.63) is 29.6 Å². The average Bonchev–Trinajstić information content (AvgIpc) is 2.29. The fourth-order valence-electron chi connectivity index (χ4n) is 1.54. The molecule has 0 aromatic heterocycles. The van der Waals surface area contributed by atoms with Gasteiger partial charge in [-0.3, -0.25) is 0 Å². The van der Waals surface area contributed by atoms with Gasteiger partial charge in [0.25, 0.3) is 0 Å². The number of halogens is 1. The van der Waals surface area contributed by atoms with Crippen LogP contribution in [-0.2, 0) is 0 Å². The maximum atomic E-state index is 12.9. The molecular formula is C13H18FN3. The van der Waals surface area contributed by atoms with Crippen molar-refractivity contribution in [2.75, 3.05) is 32.5 Å². The van der Waals surface area contributed by atoms with Gasteiger partial charge < -0.3 is 10.2 Å². The van der Waals surface area contributed by atoms with Crippen LogP contribution in [0.3, 0.4) is 0 Å². The molecule has 1 aromatic carbocycles. The summed E-state index contributed by atoms with van der Waals surface area (Å²) < 4.78 is 12.9. The highest BCUT2D eigenvalue weighted by Gasteiger charge is 2.02. The number of rotatable bonds is 6. The van der Waals surface area contributed by atoms with E-state index < -0.39 is 0 Å². The predicted octanol–water partition coefficient (Wildman–Crippen LogP) is 2.45. The normalized spacial score (nSPS) is 10.3. The molecule has 0 bridgehead atoms. The standard InChI is InChI=1S/C13H18FN3/c1-17(2)8-4-3-7-16-13-6-5-12(14)9-11(13)10-15/h5-6,9,16H,3-4,7-8H2,1-2H3. The Balaban J connectivity index is 2.39. The van der Waals surface area contributed by atoms with Gasteiger partial charge in [0.05, 0.1) is 11.3 Å². The maximum Gasteiger partial charge on any atom is 0.124 e. The third-order valence-electron chi connectivity index (χ3n) is 2.45. The second-order valence-corrected chi connectivity index (χ2v) is 4.24. The fraction of sp³-hybridized carbons (Fsp3) is 0.462. The second-order valence-electron chi connectivity index (χ2n) is 4.24. The van der Waals surface area contributed by atoms with Gasteiger partial charge in [0.15, 0.2) is 0 Å². The van der Waals surface area contributed by atoms with Crippen molar-refractivity contribution in [1.82, 2.24) is 4.90 Å². The smallest absolute Gasteiger partial charge is 0.124 e. The molecule has 0 radical (unpaired) electrons. The molecule has 0 heterocycles. The molecule has 0 atom stereocenters. The highest BCUT2D eigenvalue weighted by molar-refractivity contribution is 5.57. The van der Waals surface area contributed by atoms with Gasteiger partial charge in [-0.05, 0) is 51.7 Å². The third kappa shape index (κ3) is 4.83. The summed E-state index contributed by atoms with van der Waals surface area (Å²) in [4.78, 5) is 2.14. The summed E-state index contributed by atoms with van der Waals surface area (Å²) in [5, 5.41) is 12.0. The predicted molar refractivity (Wildman–Crippen MR) is 67.4 cm³/mol. The Bertz CT molecular complexity index is 396. The number of unbranched alkanes of at least 4 members (excludes halogenated alkanes) is 1. The van der Waals surface area contributed by atoms with E-state index in [1.165, 1.54) is 12.1 Å². The quantitative estimate of drug-likeness (QED) is 0.770. The van der Waals surface area contributed by atoms with Crippen LogP contribution in [0.2, 0.25) is 0 Å². The molecule has 0 amide bonds. The highest BCUT2D eigenvalue weighted by Crippen LogP contribution is 2.15. The largest absolute Gasteiger partial charge is 0.384 e. The molecule has 0 saturated heterocycles. The molecule has 17 heavy (non-hydrogen) atoms. The molecule has 0 fully saturated rings. The van der Waals surface area contributed by atoms with E-state index in [0.29, 0.717) is 11.3 Å². The number of anilines is 1. The van der Waals surface area contributed by atoms with Crippen LogP contribution in [0.5, 0.6) is 0 Å². The lowest BCUT2D eigenvalue weighted by atomic mass is 10.2. The first-order valence-corrected chi connectivity index (χ1v) is 5.71. The minimum Gasteiger partial charge on any atom is -0.384 e. The summed E-state index contributed by atoms with van der Waals surface area (Å²) in [5.74, 6) is -0.375. The monoisotopic (exact) mass is 235 g/mol. The summed E-state index contributed by atoms with van der Waals surface area (Å²) in [6.45, 7) is 1.85. The Morgan fingerprint density at radius 3 is 2.76 bits per heavy atom. The number of nitriles is 1. The molecule has 0 spiro atoms. The van der Waals surface area contributed by atoms with Crippen LogP contribution in [0.1, 0.15) is 18.4 Å². The van der Waals surface area contributed by atoms with Crippen molar-refractivity contribution in [1.29, 1.82) is 5.26 Å². The van der Waals surface area contributed by atoms with Crippen molar-refractivity contribution in [3.8, 4) is 6.07 Å². The van der Waals surface area contributed by atoms with E-state index in [9.17, 15) is 4.39 Å². The van der Waals surface area contributed by atoms with Gasteiger partial charge >= 0.3 is 0 Å². The molecule has 1 rings (SSSR count). The van der Waals surface area contributed by atoms with Gasteiger partial charge in [0, 0.05) is 6.54 Å². The molecular weight excluding hydrogens is 217 g/mol. The molecule has 0 aliphatic rings. The van der Waals surface area contributed by atoms with Crippen LogP contribution < -0.4 is 5.32 Å². The molecule has 0 aliphatic heterocycles. The summed E-state index contributed by atoms with van der Waals surface area (Å²) in [6, 6.07) is 6.21. The molecule has 3 nitrogen and oxygen atoms in total. The highest BCUT2D eigenvalue weighted by atomic mass is 19.1. The number of nitrogens with zero attached hydrogens (tertiary/aromatic N) is 2. The maximum absolute atomic E-state index is 12.9. The summed E-state index contributed by atoms with van der Waals surface area (Å²) in [7, 11) is 4.09. The first-order chi connectivity index (χ1) is 8.13. The fourth-order valence-corrected chi connectivity index (χ4v) is 1.54. The number of hydrogen-bond donors (Lipinski definition) is 1. The van der Waals surface area contributed by atoms with Crippen molar-refractivity contribution in [2.45, 2.75) is 12.8 Å². The van der Waals surface area contributed by atoms with Crippen LogP contribution >= 0.6 is 0 Å². The van der Waals surface area contributed by atoms with Gasteiger partial charge in [-0.25, -0.2) is 4.39 Å². The molecule has 0 saturated carbocycles. The molecule has 0 aliphatic carbocycles. The Morgan fingerprint density at radius 1 is 1.35 bits per heavy atom. The number of hydrogen-bond acceptors (Lipinski definition) is 3. The summed E-state index contributed by atoms with van der Waals surface area (Å²) in [6.07, 6.45) is 2.13. The number of nitrogens with one attached hydrogen (secondary N) is 1. The van der Waals surface area contributed by atoms with Crippen molar-refractivity contribution >= 4 is 5.69 Å². The van der Waals surface area contributed by atoms with Crippen LogP contribution in [0.15, 0.2) is 18.2 Å². The van der Waals surface area contributed by atoms with E-state index >= 15 is 0 Å². The zero-order chi connectivity index (χ0) is 12.7. The zero-order valence-electron chi connectivity index (χ0n) is 10.3. The lowest BCUT2D eigenvalue weighted by Crippen LogP contribution is -2.14. The van der Waals surface area contributed by atoms with E-state index in [2.05, 4.69) is 10.2 Å². The van der Waals surface area contributed by atoms with Crippen molar-refractivity contribution in [3.63, 3.8) is 0 Å². The lowest BCUT2D eigenvalue weighted by Gasteiger charge is -2.10.